The molecular formula is C15H20N2O3. The van der Waals surface area contributed by atoms with Crippen LogP contribution >= 0.6 is 0 Å². The second kappa shape index (κ2) is 7.05. The summed E-state index contributed by atoms with van der Waals surface area (Å²) in [5.41, 5.74) is 0.781. The van der Waals surface area contributed by atoms with E-state index >= 15 is 0 Å². The van der Waals surface area contributed by atoms with Crippen LogP contribution in [0.25, 0.3) is 0 Å². The fourth-order valence-corrected chi connectivity index (χ4v) is 1.92. The predicted octanol–water partition coefficient (Wildman–Crippen LogP) is 3.04. The number of hydrogen-bond acceptors (Lipinski definition) is 5. The minimum absolute atomic E-state index is 0.212. The van der Waals surface area contributed by atoms with E-state index in [1.165, 1.54) is 0 Å². The Kier molecular flexibility index (Phi) is 5.12. The molecule has 1 aromatic carbocycles. The van der Waals surface area contributed by atoms with Gasteiger partial charge in [0, 0.05) is 12.0 Å². The van der Waals surface area contributed by atoms with E-state index in [1.54, 1.807) is 0 Å². The molecule has 1 unspecified atom stereocenters. The quantitative estimate of drug-likeness (QED) is 0.841. The molecule has 1 N–H and O–H groups in total. The highest BCUT2D eigenvalue weighted by atomic mass is 16.5. The van der Waals surface area contributed by atoms with Gasteiger partial charge in [0.25, 0.3) is 5.89 Å². The number of aryl methyl sites for hydroxylation is 1. The van der Waals surface area contributed by atoms with Crippen molar-refractivity contribution in [3.05, 3.63) is 41.5 Å². The van der Waals surface area contributed by atoms with Crippen LogP contribution in [0.4, 0.5) is 0 Å². The molecule has 1 atom stereocenters. The lowest BCUT2D eigenvalue weighted by atomic mass is 10.1. The van der Waals surface area contributed by atoms with Crippen LogP contribution in [-0.4, -0.2) is 15.2 Å². The van der Waals surface area contributed by atoms with E-state index in [1.807, 2.05) is 31.2 Å². The van der Waals surface area contributed by atoms with E-state index < -0.39 is 6.10 Å². The van der Waals surface area contributed by atoms with Crippen molar-refractivity contribution in [2.24, 2.45) is 0 Å². The van der Waals surface area contributed by atoms with Crippen molar-refractivity contribution >= 4 is 0 Å². The number of hydrogen-bond donors (Lipinski definition) is 1. The van der Waals surface area contributed by atoms with Crippen LogP contribution in [0.5, 0.6) is 5.75 Å². The van der Waals surface area contributed by atoms with Gasteiger partial charge in [-0.25, -0.2) is 0 Å². The van der Waals surface area contributed by atoms with Crippen molar-refractivity contribution in [2.75, 3.05) is 0 Å². The maximum Gasteiger partial charge on any atom is 0.264 e. The van der Waals surface area contributed by atoms with Crippen LogP contribution in [0.1, 0.15) is 50.1 Å². The smallest absolute Gasteiger partial charge is 0.264 e. The minimum Gasteiger partial charge on any atom is -0.483 e. The normalized spacial score (nSPS) is 12.3. The molecule has 1 aromatic heterocycles. The summed E-state index contributed by atoms with van der Waals surface area (Å²) in [4.78, 5) is 4.24. The third-order valence-electron chi connectivity index (χ3n) is 3.00. The van der Waals surface area contributed by atoms with Gasteiger partial charge in [0.2, 0.25) is 0 Å². The van der Waals surface area contributed by atoms with Crippen LogP contribution < -0.4 is 4.74 Å². The summed E-state index contributed by atoms with van der Waals surface area (Å²) in [5.74, 6) is 1.80. The Balaban J connectivity index is 2.02. The number of rotatable bonds is 7. The zero-order chi connectivity index (χ0) is 14.4. The molecule has 0 radical (unpaired) electrons. The van der Waals surface area contributed by atoms with Gasteiger partial charge in [0.05, 0.1) is 6.10 Å². The van der Waals surface area contributed by atoms with Crippen LogP contribution in [0.2, 0.25) is 0 Å². The topological polar surface area (TPSA) is 68.4 Å². The molecule has 0 saturated heterocycles. The summed E-state index contributed by atoms with van der Waals surface area (Å²) in [6.07, 6.45) is 1.89. The monoisotopic (exact) mass is 276 g/mol. The minimum atomic E-state index is -0.524. The van der Waals surface area contributed by atoms with Crippen molar-refractivity contribution in [3.63, 3.8) is 0 Å². The molecule has 1 heterocycles. The number of ether oxygens (including phenoxy) is 1. The number of aliphatic hydroxyl groups excluding tert-OH is 1. The Bertz CT molecular complexity index is 539. The first-order valence-corrected chi connectivity index (χ1v) is 6.95. The molecule has 0 aliphatic heterocycles. The third-order valence-corrected chi connectivity index (χ3v) is 3.00. The zero-order valence-electron chi connectivity index (χ0n) is 11.9. The van der Waals surface area contributed by atoms with E-state index in [0.717, 1.165) is 18.4 Å². The molecule has 0 aliphatic carbocycles. The van der Waals surface area contributed by atoms with Gasteiger partial charge in [-0.15, -0.1) is 0 Å². The van der Waals surface area contributed by atoms with Gasteiger partial charge in [-0.2, -0.15) is 4.98 Å². The highest BCUT2D eigenvalue weighted by Gasteiger charge is 2.12. The Morgan fingerprint density at radius 1 is 1.30 bits per heavy atom. The largest absolute Gasteiger partial charge is 0.483 e. The van der Waals surface area contributed by atoms with Gasteiger partial charge >= 0.3 is 0 Å². The molecule has 0 spiro atoms. The fourth-order valence-electron chi connectivity index (χ4n) is 1.92. The van der Waals surface area contributed by atoms with Crippen LogP contribution in [0, 0.1) is 0 Å². The average Bonchev–Trinajstić information content (AvgIpc) is 2.93. The van der Waals surface area contributed by atoms with E-state index in [4.69, 9.17) is 9.26 Å². The van der Waals surface area contributed by atoms with E-state index in [9.17, 15) is 5.11 Å². The number of aliphatic hydroxyl groups is 1. The summed E-state index contributed by atoms with van der Waals surface area (Å²) < 4.78 is 10.8. The highest BCUT2D eigenvalue weighted by Crippen LogP contribution is 2.27. The van der Waals surface area contributed by atoms with Crippen molar-refractivity contribution in [2.45, 2.75) is 45.8 Å². The molecule has 2 rings (SSSR count). The first-order valence-electron chi connectivity index (χ1n) is 6.95. The van der Waals surface area contributed by atoms with Gasteiger partial charge in [-0.3, -0.25) is 0 Å². The van der Waals surface area contributed by atoms with Gasteiger partial charge in [-0.1, -0.05) is 37.2 Å². The number of benzene rings is 1. The van der Waals surface area contributed by atoms with Gasteiger partial charge in [-0.05, 0) is 18.9 Å². The summed E-state index contributed by atoms with van der Waals surface area (Å²) in [7, 11) is 0. The molecule has 0 bridgehead atoms. The predicted molar refractivity (Wildman–Crippen MR) is 74.3 cm³/mol. The van der Waals surface area contributed by atoms with Crippen LogP contribution in [0.3, 0.4) is 0 Å². The first-order chi connectivity index (χ1) is 9.74. The first kappa shape index (κ1) is 14.5. The fraction of sp³-hybridized carbons (Fsp3) is 0.467. The number of aromatic nitrogens is 2. The molecule has 5 nitrogen and oxygen atoms in total. The molecule has 0 fully saturated rings. The molecule has 5 heteroatoms. The molecule has 0 aliphatic rings. The zero-order valence-corrected chi connectivity index (χ0v) is 11.9. The van der Waals surface area contributed by atoms with Crippen molar-refractivity contribution in [3.8, 4) is 5.75 Å². The molecule has 0 saturated carbocycles. The molecule has 0 amide bonds. The van der Waals surface area contributed by atoms with Gasteiger partial charge in [0.1, 0.15) is 5.75 Å². The lowest BCUT2D eigenvalue weighted by Gasteiger charge is -2.13. The Morgan fingerprint density at radius 3 is 2.85 bits per heavy atom. The third kappa shape index (κ3) is 3.57. The van der Waals surface area contributed by atoms with Crippen molar-refractivity contribution in [1.29, 1.82) is 0 Å². The van der Waals surface area contributed by atoms with E-state index in [0.29, 0.717) is 23.9 Å². The summed E-state index contributed by atoms with van der Waals surface area (Å²) in [5, 5.41) is 13.8. The average molecular weight is 276 g/mol. The summed E-state index contributed by atoms with van der Waals surface area (Å²) in [6, 6.07) is 7.45. The maximum atomic E-state index is 9.95. The summed E-state index contributed by atoms with van der Waals surface area (Å²) in [6.45, 7) is 4.20. The number of para-hydroxylation sites is 1. The van der Waals surface area contributed by atoms with Crippen LogP contribution in [-0.2, 0) is 13.0 Å². The Labute approximate surface area is 118 Å². The van der Waals surface area contributed by atoms with E-state index in [2.05, 4.69) is 17.1 Å². The lowest BCUT2D eigenvalue weighted by molar-refractivity contribution is 0.163. The summed E-state index contributed by atoms with van der Waals surface area (Å²) >= 11 is 0. The van der Waals surface area contributed by atoms with Crippen LogP contribution in [0.15, 0.2) is 28.8 Å². The SMILES string of the molecule is CCCc1noc(COc2ccccc2C(O)CC)n1. The molecular weight excluding hydrogens is 256 g/mol. The Morgan fingerprint density at radius 2 is 2.10 bits per heavy atom. The second-order valence-corrected chi connectivity index (χ2v) is 4.60. The van der Waals surface area contributed by atoms with Crippen molar-refractivity contribution in [1.82, 2.24) is 10.1 Å². The maximum absolute atomic E-state index is 9.95. The van der Waals surface area contributed by atoms with Gasteiger partial charge in [0.15, 0.2) is 12.4 Å². The highest BCUT2D eigenvalue weighted by molar-refractivity contribution is 5.35. The second-order valence-electron chi connectivity index (χ2n) is 4.60. The standard InChI is InChI=1S/C15H20N2O3/c1-3-7-14-16-15(20-17-14)10-19-13-9-6-5-8-11(13)12(18)4-2/h5-6,8-9,12,18H,3-4,7,10H2,1-2H3. The molecule has 108 valence electrons. The number of nitrogens with zero attached hydrogens (tertiary/aromatic N) is 2. The lowest BCUT2D eigenvalue weighted by Crippen LogP contribution is -2.02. The Hall–Kier alpha value is -1.88. The van der Waals surface area contributed by atoms with E-state index in [-0.39, 0.29) is 6.61 Å². The molecule has 2 aromatic rings. The van der Waals surface area contributed by atoms with Crippen molar-refractivity contribution < 1.29 is 14.4 Å². The molecule has 20 heavy (non-hydrogen) atoms. The van der Waals surface area contributed by atoms with Gasteiger partial charge < -0.3 is 14.4 Å².